The molecule has 0 bridgehead atoms. The Labute approximate surface area is 165 Å². The van der Waals surface area contributed by atoms with Crippen LogP contribution < -0.4 is 5.32 Å². The highest BCUT2D eigenvalue weighted by Crippen LogP contribution is 2.29. The molecular weight excluding hydrogens is 378 g/mol. The van der Waals surface area contributed by atoms with Crippen LogP contribution in [0.25, 0.3) is 10.2 Å². The molecule has 0 saturated heterocycles. The van der Waals surface area contributed by atoms with Crippen molar-refractivity contribution in [2.45, 2.75) is 20.0 Å². The Balaban J connectivity index is 1.66. The van der Waals surface area contributed by atoms with E-state index in [0.29, 0.717) is 16.8 Å². The van der Waals surface area contributed by atoms with Gasteiger partial charge in [-0.25, -0.2) is 8.78 Å². The van der Waals surface area contributed by atoms with Crippen molar-refractivity contribution in [1.29, 1.82) is 0 Å². The van der Waals surface area contributed by atoms with Crippen molar-refractivity contribution < 1.29 is 13.6 Å². The van der Waals surface area contributed by atoms with E-state index in [4.69, 9.17) is 0 Å². The maximum absolute atomic E-state index is 14.2. The van der Waals surface area contributed by atoms with Crippen LogP contribution in [-0.2, 0) is 13.1 Å². The van der Waals surface area contributed by atoms with Crippen LogP contribution in [0.15, 0.2) is 60.7 Å². The number of nitrogens with one attached hydrogen (secondary N) is 1. The molecule has 2 heterocycles. The summed E-state index contributed by atoms with van der Waals surface area (Å²) >= 11 is 1.58. The van der Waals surface area contributed by atoms with E-state index in [1.165, 1.54) is 12.1 Å². The van der Waals surface area contributed by atoms with Gasteiger partial charge in [-0.2, -0.15) is 0 Å². The maximum Gasteiger partial charge on any atom is 0.268 e. The third kappa shape index (κ3) is 3.55. The molecule has 4 aromatic rings. The molecule has 0 aliphatic carbocycles. The zero-order valence-corrected chi connectivity index (χ0v) is 16.0. The summed E-state index contributed by atoms with van der Waals surface area (Å²) in [4.78, 5) is 14.0. The van der Waals surface area contributed by atoms with Gasteiger partial charge >= 0.3 is 0 Å². The predicted molar refractivity (Wildman–Crippen MR) is 108 cm³/mol. The second-order valence-electron chi connectivity index (χ2n) is 6.59. The number of fused-ring (bicyclic) bond motifs is 1. The fourth-order valence-electron chi connectivity index (χ4n) is 3.23. The van der Waals surface area contributed by atoms with Gasteiger partial charge in [0.2, 0.25) is 0 Å². The molecule has 28 heavy (non-hydrogen) atoms. The average molecular weight is 396 g/mol. The lowest BCUT2D eigenvalue weighted by atomic mass is 10.2. The fourth-order valence-corrected chi connectivity index (χ4v) is 4.19. The lowest BCUT2D eigenvalue weighted by molar-refractivity contribution is 0.0942. The standard InChI is InChI=1S/C22H18F2N2OS/c1-14-10-19-21(28-14)11-20(26(19)13-16-7-3-5-9-18(16)24)22(27)25-12-15-6-2-4-8-17(15)23/h2-11H,12-13H2,1H3,(H,25,27). The molecule has 2 aromatic heterocycles. The number of amides is 1. The molecule has 0 unspecified atom stereocenters. The summed E-state index contributed by atoms with van der Waals surface area (Å²) in [6, 6.07) is 16.7. The van der Waals surface area contributed by atoms with Crippen LogP contribution in [0.2, 0.25) is 0 Å². The zero-order valence-electron chi connectivity index (χ0n) is 15.2. The molecule has 0 aliphatic rings. The van der Waals surface area contributed by atoms with Crippen LogP contribution in [0, 0.1) is 18.6 Å². The zero-order chi connectivity index (χ0) is 19.7. The largest absolute Gasteiger partial charge is 0.347 e. The fraction of sp³-hybridized carbons (Fsp3) is 0.136. The highest BCUT2D eigenvalue weighted by Gasteiger charge is 2.18. The summed E-state index contributed by atoms with van der Waals surface area (Å²) in [5, 5.41) is 2.77. The van der Waals surface area contributed by atoms with Crippen LogP contribution in [0.1, 0.15) is 26.5 Å². The van der Waals surface area contributed by atoms with Gasteiger partial charge < -0.3 is 9.88 Å². The molecule has 0 fully saturated rings. The van der Waals surface area contributed by atoms with E-state index in [0.717, 1.165) is 15.1 Å². The van der Waals surface area contributed by atoms with E-state index >= 15 is 0 Å². The summed E-state index contributed by atoms with van der Waals surface area (Å²) in [6.07, 6.45) is 0. The van der Waals surface area contributed by atoms with Crippen molar-refractivity contribution >= 4 is 27.5 Å². The number of carbonyl (C=O) groups is 1. The Bertz CT molecular complexity index is 1160. The molecule has 1 amide bonds. The third-order valence-electron chi connectivity index (χ3n) is 4.63. The maximum atomic E-state index is 14.2. The van der Waals surface area contributed by atoms with E-state index in [1.807, 2.05) is 23.6 Å². The summed E-state index contributed by atoms with van der Waals surface area (Å²) in [7, 11) is 0. The van der Waals surface area contributed by atoms with Crippen LogP contribution in [-0.4, -0.2) is 10.5 Å². The monoisotopic (exact) mass is 396 g/mol. The topological polar surface area (TPSA) is 34.0 Å². The van der Waals surface area contributed by atoms with Gasteiger partial charge in [0.15, 0.2) is 0 Å². The number of nitrogens with zero attached hydrogens (tertiary/aromatic N) is 1. The molecule has 1 N–H and O–H groups in total. The molecule has 0 radical (unpaired) electrons. The van der Waals surface area contributed by atoms with Gasteiger partial charge in [0.05, 0.1) is 16.8 Å². The van der Waals surface area contributed by atoms with E-state index in [2.05, 4.69) is 5.32 Å². The van der Waals surface area contributed by atoms with Crippen molar-refractivity contribution in [3.63, 3.8) is 0 Å². The first-order chi connectivity index (χ1) is 13.5. The number of halogens is 2. The molecule has 3 nitrogen and oxygen atoms in total. The molecule has 142 valence electrons. The van der Waals surface area contributed by atoms with E-state index in [1.54, 1.807) is 47.7 Å². The number of hydrogen-bond donors (Lipinski definition) is 1. The van der Waals surface area contributed by atoms with Crippen molar-refractivity contribution in [2.75, 3.05) is 0 Å². The van der Waals surface area contributed by atoms with E-state index < -0.39 is 0 Å². The number of benzene rings is 2. The Kier molecular flexibility index (Phi) is 4.96. The highest BCUT2D eigenvalue weighted by atomic mass is 32.1. The van der Waals surface area contributed by atoms with Gasteiger partial charge in [-0.1, -0.05) is 36.4 Å². The van der Waals surface area contributed by atoms with Gasteiger partial charge in [-0.15, -0.1) is 11.3 Å². The van der Waals surface area contributed by atoms with Crippen molar-refractivity contribution in [3.05, 3.63) is 94.0 Å². The second kappa shape index (κ2) is 7.56. The first-order valence-electron chi connectivity index (χ1n) is 8.87. The minimum atomic E-state index is -0.360. The Morgan fingerprint density at radius 2 is 1.64 bits per heavy atom. The van der Waals surface area contributed by atoms with E-state index in [9.17, 15) is 13.6 Å². The summed E-state index contributed by atoms with van der Waals surface area (Å²) in [6.45, 7) is 2.33. The molecule has 0 spiro atoms. The van der Waals surface area contributed by atoms with Gasteiger partial charge in [-0.3, -0.25) is 4.79 Å². The van der Waals surface area contributed by atoms with Gasteiger partial charge in [0.25, 0.3) is 5.91 Å². The second-order valence-corrected chi connectivity index (χ2v) is 7.88. The number of aromatic nitrogens is 1. The lowest BCUT2D eigenvalue weighted by Crippen LogP contribution is -2.26. The predicted octanol–water partition coefficient (Wildman–Crippen LogP) is 5.27. The molecule has 0 atom stereocenters. The number of carbonyl (C=O) groups excluding carboxylic acids is 1. The van der Waals surface area contributed by atoms with Crippen LogP contribution in [0.4, 0.5) is 8.78 Å². The number of aryl methyl sites for hydroxylation is 1. The first kappa shape index (κ1) is 18.4. The molecule has 4 rings (SSSR count). The molecular formula is C22H18F2N2OS. The number of hydrogen-bond acceptors (Lipinski definition) is 2. The van der Waals surface area contributed by atoms with Crippen molar-refractivity contribution in [2.24, 2.45) is 0 Å². The van der Waals surface area contributed by atoms with Crippen molar-refractivity contribution in [3.8, 4) is 0 Å². The van der Waals surface area contributed by atoms with Gasteiger partial charge in [0.1, 0.15) is 17.3 Å². The minimum Gasteiger partial charge on any atom is -0.347 e. The average Bonchev–Trinajstić information content (AvgIpc) is 3.19. The summed E-state index contributed by atoms with van der Waals surface area (Å²) in [5.41, 5.74) is 2.25. The van der Waals surface area contributed by atoms with Crippen LogP contribution in [0.3, 0.4) is 0 Å². The van der Waals surface area contributed by atoms with Crippen LogP contribution in [0.5, 0.6) is 0 Å². The van der Waals surface area contributed by atoms with Crippen LogP contribution >= 0.6 is 11.3 Å². The quantitative estimate of drug-likeness (QED) is 0.490. The number of thiophene rings is 1. The molecule has 6 heteroatoms. The Morgan fingerprint density at radius 3 is 2.32 bits per heavy atom. The van der Waals surface area contributed by atoms with Gasteiger partial charge in [-0.05, 0) is 31.2 Å². The molecule has 0 aliphatic heterocycles. The summed E-state index contributed by atoms with van der Waals surface area (Å²) in [5.74, 6) is -0.990. The first-order valence-corrected chi connectivity index (χ1v) is 9.69. The number of rotatable bonds is 5. The Hall–Kier alpha value is -2.99. The summed E-state index contributed by atoms with van der Waals surface area (Å²) < 4.78 is 30.8. The van der Waals surface area contributed by atoms with Crippen molar-refractivity contribution in [1.82, 2.24) is 9.88 Å². The van der Waals surface area contributed by atoms with Gasteiger partial charge in [0, 0.05) is 22.5 Å². The Morgan fingerprint density at radius 1 is 1.00 bits per heavy atom. The van der Waals surface area contributed by atoms with E-state index in [-0.39, 0.29) is 30.6 Å². The SMILES string of the molecule is Cc1cc2c(cc(C(=O)NCc3ccccc3F)n2Cc2ccccc2F)s1. The normalized spacial score (nSPS) is 11.1. The molecule has 0 saturated carbocycles. The lowest BCUT2D eigenvalue weighted by Gasteiger charge is -2.12. The smallest absolute Gasteiger partial charge is 0.268 e. The minimum absolute atomic E-state index is 0.0864. The highest BCUT2D eigenvalue weighted by molar-refractivity contribution is 7.19. The molecule has 2 aromatic carbocycles. The third-order valence-corrected chi connectivity index (χ3v) is 5.62.